The van der Waals surface area contributed by atoms with Gasteiger partial charge < -0.3 is 10.3 Å². The van der Waals surface area contributed by atoms with E-state index in [0.717, 1.165) is 18.1 Å². The van der Waals surface area contributed by atoms with Gasteiger partial charge in [-0.05, 0) is 11.8 Å². The zero-order valence-corrected chi connectivity index (χ0v) is 10.7. The zero-order chi connectivity index (χ0) is 11.9. The second-order valence-electron chi connectivity index (χ2n) is 3.77. The predicted octanol–water partition coefficient (Wildman–Crippen LogP) is 2.45. The summed E-state index contributed by atoms with van der Waals surface area (Å²) in [7, 11) is 0. The summed E-state index contributed by atoms with van der Waals surface area (Å²) in [5.74, 6) is 2.07. The van der Waals surface area contributed by atoms with Gasteiger partial charge >= 0.3 is 0 Å². The zero-order valence-electron chi connectivity index (χ0n) is 9.89. The van der Waals surface area contributed by atoms with Gasteiger partial charge in [0.2, 0.25) is 0 Å². The molecular formula is C13H17N3S. The highest BCUT2D eigenvalue weighted by Crippen LogP contribution is 2.18. The summed E-state index contributed by atoms with van der Waals surface area (Å²) < 4.78 is 0. The molecule has 17 heavy (non-hydrogen) atoms. The molecule has 1 aromatic heterocycles. The van der Waals surface area contributed by atoms with Crippen LogP contribution in [0.3, 0.4) is 0 Å². The van der Waals surface area contributed by atoms with Crippen LogP contribution in [0.1, 0.15) is 17.4 Å². The van der Waals surface area contributed by atoms with E-state index in [1.807, 2.05) is 24.0 Å². The summed E-state index contributed by atoms with van der Waals surface area (Å²) >= 11 is 1.84. The van der Waals surface area contributed by atoms with E-state index in [9.17, 15) is 0 Å². The first-order valence-electron chi connectivity index (χ1n) is 5.68. The van der Waals surface area contributed by atoms with Gasteiger partial charge in [0.25, 0.3) is 0 Å². The van der Waals surface area contributed by atoms with E-state index in [2.05, 4.69) is 45.8 Å². The van der Waals surface area contributed by atoms with Gasteiger partial charge in [0.15, 0.2) is 0 Å². The van der Waals surface area contributed by atoms with Crippen molar-refractivity contribution in [2.75, 3.05) is 18.6 Å². The Morgan fingerprint density at radius 1 is 1.35 bits per heavy atom. The molecule has 90 valence electrons. The molecule has 0 spiro atoms. The van der Waals surface area contributed by atoms with Crippen molar-refractivity contribution >= 4 is 11.8 Å². The number of H-pyrrole nitrogens is 1. The van der Waals surface area contributed by atoms with Gasteiger partial charge in [0, 0.05) is 24.7 Å². The standard InChI is InChI=1S/C13H17N3S/c1-17-10-9-14-12(13-15-7-8-16-13)11-5-3-2-4-6-11/h2-8,12,14H,9-10H2,1H3,(H,15,16)/t12-/m0/s1. The smallest absolute Gasteiger partial charge is 0.127 e. The Morgan fingerprint density at radius 3 is 2.82 bits per heavy atom. The number of hydrogen-bond acceptors (Lipinski definition) is 3. The minimum absolute atomic E-state index is 0.151. The second-order valence-corrected chi connectivity index (χ2v) is 4.75. The van der Waals surface area contributed by atoms with Crippen molar-refractivity contribution in [2.45, 2.75) is 6.04 Å². The monoisotopic (exact) mass is 247 g/mol. The lowest BCUT2D eigenvalue weighted by Crippen LogP contribution is -2.25. The summed E-state index contributed by atoms with van der Waals surface area (Å²) in [6.45, 7) is 0.974. The predicted molar refractivity (Wildman–Crippen MR) is 73.3 cm³/mol. The molecule has 0 bridgehead atoms. The van der Waals surface area contributed by atoms with Gasteiger partial charge in [-0.3, -0.25) is 0 Å². The Balaban J connectivity index is 2.13. The van der Waals surface area contributed by atoms with Crippen molar-refractivity contribution in [3.8, 4) is 0 Å². The third-order valence-electron chi connectivity index (χ3n) is 2.58. The van der Waals surface area contributed by atoms with Gasteiger partial charge in [-0.15, -0.1) is 0 Å². The van der Waals surface area contributed by atoms with Crippen LogP contribution in [0.4, 0.5) is 0 Å². The first-order valence-corrected chi connectivity index (χ1v) is 7.07. The van der Waals surface area contributed by atoms with Crippen LogP contribution in [0, 0.1) is 0 Å². The van der Waals surface area contributed by atoms with Gasteiger partial charge in [-0.1, -0.05) is 30.3 Å². The maximum atomic E-state index is 4.35. The number of imidazole rings is 1. The maximum Gasteiger partial charge on any atom is 0.127 e. The average Bonchev–Trinajstić information content (AvgIpc) is 2.89. The van der Waals surface area contributed by atoms with Crippen molar-refractivity contribution in [1.29, 1.82) is 0 Å². The molecule has 0 saturated heterocycles. The summed E-state index contributed by atoms with van der Waals surface area (Å²) in [5.41, 5.74) is 1.24. The van der Waals surface area contributed by atoms with Crippen molar-refractivity contribution < 1.29 is 0 Å². The number of hydrogen-bond donors (Lipinski definition) is 2. The maximum absolute atomic E-state index is 4.35. The lowest BCUT2D eigenvalue weighted by atomic mass is 10.1. The number of nitrogens with one attached hydrogen (secondary N) is 2. The van der Waals surface area contributed by atoms with Crippen LogP contribution in [0.5, 0.6) is 0 Å². The number of aromatic amines is 1. The molecule has 1 atom stereocenters. The van der Waals surface area contributed by atoms with E-state index >= 15 is 0 Å². The molecule has 3 nitrogen and oxygen atoms in total. The van der Waals surface area contributed by atoms with E-state index in [1.54, 1.807) is 6.20 Å². The summed E-state index contributed by atoms with van der Waals surface area (Å²) in [4.78, 5) is 7.53. The lowest BCUT2D eigenvalue weighted by Gasteiger charge is -2.16. The molecule has 2 aromatic rings. The van der Waals surface area contributed by atoms with E-state index < -0.39 is 0 Å². The molecule has 1 aromatic carbocycles. The van der Waals surface area contributed by atoms with Crippen LogP contribution in [0.25, 0.3) is 0 Å². The molecule has 0 fully saturated rings. The topological polar surface area (TPSA) is 40.7 Å². The van der Waals surface area contributed by atoms with Crippen molar-refractivity contribution in [1.82, 2.24) is 15.3 Å². The molecule has 0 aliphatic rings. The molecule has 1 heterocycles. The van der Waals surface area contributed by atoms with Gasteiger partial charge in [-0.25, -0.2) is 4.98 Å². The van der Waals surface area contributed by atoms with E-state index in [-0.39, 0.29) is 6.04 Å². The van der Waals surface area contributed by atoms with Crippen LogP contribution >= 0.6 is 11.8 Å². The second kappa shape index (κ2) is 6.47. The van der Waals surface area contributed by atoms with Crippen LogP contribution < -0.4 is 5.32 Å². The molecule has 2 N–H and O–H groups in total. The van der Waals surface area contributed by atoms with Gasteiger partial charge in [0.1, 0.15) is 5.82 Å². The fourth-order valence-electron chi connectivity index (χ4n) is 1.76. The third kappa shape index (κ3) is 3.35. The van der Waals surface area contributed by atoms with E-state index in [0.29, 0.717) is 0 Å². The highest BCUT2D eigenvalue weighted by atomic mass is 32.2. The van der Waals surface area contributed by atoms with E-state index in [1.165, 1.54) is 5.56 Å². The fourth-order valence-corrected chi connectivity index (χ4v) is 2.08. The Hall–Kier alpha value is -1.26. The molecule has 2 rings (SSSR count). The minimum atomic E-state index is 0.151. The highest BCUT2D eigenvalue weighted by Gasteiger charge is 2.14. The number of benzene rings is 1. The Kier molecular flexibility index (Phi) is 4.64. The fraction of sp³-hybridized carbons (Fsp3) is 0.308. The molecule has 0 amide bonds. The summed E-state index contributed by atoms with van der Waals surface area (Å²) in [6.07, 6.45) is 5.77. The highest BCUT2D eigenvalue weighted by molar-refractivity contribution is 7.98. The van der Waals surface area contributed by atoms with Crippen LogP contribution in [-0.4, -0.2) is 28.5 Å². The van der Waals surface area contributed by atoms with Crippen molar-refractivity contribution in [3.63, 3.8) is 0 Å². The SMILES string of the molecule is CSCCN[C@@H](c1ccccc1)c1ncc[nH]1. The van der Waals surface area contributed by atoms with Crippen LogP contribution in [-0.2, 0) is 0 Å². The molecule has 0 aliphatic heterocycles. The molecule has 0 saturated carbocycles. The van der Waals surface area contributed by atoms with Crippen LogP contribution in [0.2, 0.25) is 0 Å². The van der Waals surface area contributed by atoms with Crippen molar-refractivity contribution in [2.24, 2.45) is 0 Å². The normalized spacial score (nSPS) is 12.5. The number of nitrogens with zero attached hydrogens (tertiary/aromatic N) is 1. The number of rotatable bonds is 6. The molecule has 4 heteroatoms. The molecule has 0 aliphatic carbocycles. The van der Waals surface area contributed by atoms with E-state index in [4.69, 9.17) is 0 Å². The van der Waals surface area contributed by atoms with Gasteiger partial charge in [-0.2, -0.15) is 11.8 Å². The largest absolute Gasteiger partial charge is 0.347 e. The minimum Gasteiger partial charge on any atom is -0.347 e. The quantitative estimate of drug-likeness (QED) is 0.770. The Labute approximate surface area is 106 Å². The first-order chi connectivity index (χ1) is 8.42. The summed E-state index contributed by atoms with van der Waals surface area (Å²) in [5, 5.41) is 3.52. The molecule has 0 radical (unpaired) electrons. The lowest BCUT2D eigenvalue weighted by molar-refractivity contribution is 0.607. The van der Waals surface area contributed by atoms with Crippen molar-refractivity contribution in [3.05, 3.63) is 54.1 Å². The molecular weight excluding hydrogens is 230 g/mol. The third-order valence-corrected chi connectivity index (χ3v) is 3.19. The number of thioether (sulfide) groups is 1. The van der Waals surface area contributed by atoms with Gasteiger partial charge in [0.05, 0.1) is 6.04 Å². The van der Waals surface area contributed by atoms with Crippen LogP contribution in [0.15, 0.2) is 42.7 Å². The Bertz CT molecular complexity index is 413. The number of aromatic nitrogens is 2. The Morgan fingerprint density at radius 2 is 2.18 bits per heavy atom. The average molecular weight is 247 g/mol. The summed E-state index contributed by atoms with van der Waals surface area (Å²) in [6, 6.07) is 10.5. The first kappa shape index (κ1) is 12.2. The molecule has 0 unspecified atom stereocenters.